The van der Waals surface area contributed by atoms with Gasteiger partial charge in [0, 0.05) is 25.1 Å². The van der Waals surface area contributed by atoms with Gasteiger partial charge in [-0.2, -0.15) is 0 Å². The predicted octanol–water partition coefficient (Wildman–Crippen LogP) is 3.02. The van der Waals surface area contributed by atoms with Crippen LogP contribution in [-0.2, 0) is 17.9 Å². The van der Waals surface area contributed by atoms with Gasteiger partial charge < -0.3 is 14.8 Å². The van der Waals surface area contributed by atoms with Crippen molar-refractivity contribution in [2.45, 2.75) is 13.1 Å². The summed E-state index contributed by atoms with van der Waals surface area (Å²) in [4.78, 5) is 35.6. The molecule has 0 atom stereocenters. The lowest BCUT2D eigenvalue weighted by molar-refractivity contribution is -0.118. The van der Waals surface area contributed by atoms with Gasteiger partial charge in [0.15, 0.2) is 0 Å². The van der Waals surface area contributed by atoms with E-state index >= 15 is 0 Å². The number of carbonyl (C=O) groups is 2. The fourth-order valence-corrected chi connectivity index (χ4v) is 3.23. The van der Waals surface area contributed by atoms with Crippen LogP contribution in [-0.4, -0.2) is 33.4 Å². The van der Waals surface area contributed by atoms with Crippen molar-refractivity contribution in [3.05, 3.63) is 90.5 Å². The third-order valence-corrected chi connectivity index (χ3v) is 4.88. The van der Waals surface area contributed by atoms with Crippen LogP contribution in [0.3, 0.4) is 0 Å². The second-order valence-corrected chi connectivity index (χ2v) is 6.82. The zero-order chi connectivity index (χ0) is 20.9. The third kappa shape index (κ3) is 4.05. The lowest BCUT2D eigenvalue weighted by Crippen LogP contribution is -2.31. The molecule has 0 aliphatic carbocycles. The molecule has 30 heavy (non-hydrogen) atoms. The zero-order valence-corrected chi connectivity index (χ0v) is 16.5. The first kappa shape index (κ1) is 19.3. The molecule has 7 nitrogen and oxygen atoms in total. The van der Waals surface area contributed by atoms with E-state index in [1.54, 1.807) is 30.3 Å². The molecular weight excluding hydrogens is 378 g/mol. The van der Waals surface area contributed by atoms with Crippen LogP contribution in [0, 0.1) is 0 Å². The number of pyridine rings is 1. The van der Waals surface area contributed by atoms with Gasteiger partial charge in [-0.3, -0.25) is 14.6 Å². The molecule has 0 unspecified atom stereocenters. The molecule has 2 aromatic carbocycles. The number of nitrogens with zero attached hydrogens (tertiary/aromatic N) is 4. The Balaban J connectivity index is 1.57. The summed E-state index contributed by atoms with van der Waals surface area (Å²) in [5.41, 5.74) is 2.91. The first-order valence-corrected chi connectivity index (χ1v) is 9.57. The molecule has 0 bridgehead atoms. The Morgan fingerprint density at radius 1 is 1.00 bits per heavy atom. The number of aromatic nitrogens is 3. The van der Waals surface area contributed by atoms with Gasteiger partial charge in [-0.1, -0.05) is 30.3 Å². The van der Waals surface area contributed by atoms with Crippen molar-refractivity contribution in [3.63, 3.8) is 0 Å². The second-order valence-electron chi connectivity index (χ2n) is 6.82. The summed E-state index contributed by atoms with van der Waals surface area (Å²) >= 11 is 0. The molecule has 4 rings (SSSR count). The van der Waals surface area contributed by atoms with E-state index in [0.29, 0.717) is 11.4 Å². The molecule has 1 N–H and O–H groups in total. The standard InChI is InChI=1S/C23H21N5O2/c1-27(18-9-3-2-4-10-18)22(29)16-28-20-12-6-5-11-19(20)26-21(28)15-25-23(30)17-8-7-13-24-14-17/h2-14H,15-16H2,1H3,(H,25,30). The minimum atomic E-state index is -0.241. The van der Waals surface area contributed by atoms with Crippen molar-refractivity contribution in [2.75, 3.05) is 11.9 Å². The SMILES string of the molecule is CN(C(=O)Cn1c(CNC(=O)c2cccnc2)nc2ccccc21)c1ccccc1. The number of para-hydroxylation sites is 3. The summed E-state index contributed by atoms with van der Waals surface area (Å²) in [5, 5.41) is 2.86. The van der Waals surface area contributed by atoms with Crippen LogP contribution in [0.25, 0.3) is 11.0 Å². The summed E-state index contributed by atoms with van der Waals surface area (Å²) in [6, 6.07) is 20.5. The first-order chi connectivity index (χ1) is 14.6. The number of hydrogen-bond acceptors (Lipinski definition) is 4. The van der Waals surface area contributed by atoms with E-state index in [9.17, 15) is 9.59 Å². The van der Waals surface area contributed by atoms with Gasteiger partial charge >= 0.3 is 0 Å². The molecule has 0 aliphatic rings. The molecule has 0 aliphatic heterocycles. The normalized spacial score (nSPS) is 10.7. The molecule has 0 radical (unpaired) electrons. The Hall–Kier alpha value is -4.00. The highest BCUT2D eigenvalue weighted by Crippen LogP contribution is 2.18. The molecule has 0 fully saturated rings. The highest BCUT2D eigenvalue weighted by Gasteiger charge is 2.17. The highest BCUT2D eigenvalue weighted by molar-refractivity contribution is 5.94. The monoisotopic (exact) mass is 399 g/mol. The van der Waals surface area contributed by atoms with E-state index < -0.39 is 0 Å². The largest absolute Gasteiger partial charge is 0.345 e. The van der Waals surface area contributed by atoms with Crippen LogP contribution >= 0.6 is 0 Å². The number of hydrogen-bond donors (Lipinski definition) is 1. The minimum Gasteiger partial charge on any atom is -0.345 e. The van der Waals surface area contributed by atoms with Gasteiger partial charge in [0.25, 0.3) is 5.91 Å². The van der Waals surface area contributed by atoms with Gasteiger partial charge in [0.1, 0.15) is 12.4 Å². The van der Waals surface area contributed by atoms with Crippen molar-refractivity contribution in [1.82, 2.24) is 19.9 Å². The Morgan fingerprint density at radius 3 is 2.53 bits per heavy atom. The number of carbonyl (C=O) groups excluding carboxylic acids is 2. The Morgan fingerprint density at radius 2 is 1.77 bits per heavy atom. The van der Waals surface area contributed by atoms with Crippen molar-refractivity contribution in [2.24, 2.45) is 0 Å². The van der Waals surface area contributed by atoms with Crippen molar-refractivity contribution < 1.29 is 9.59 Å². The molecule has 150 valence electrons. The van der Waals surface area contributed by atoms with Crippen LogP contribution < -0.4 is 10.2 Å². The lowest BCUT2D eigenvalue weighted by atomic mass is 10.2. The van der Waals surface area contributed by atoms with Crippen LogP contribution in [0.4, 0.5) is 5.69 Å². The number of fused-ring (bicyclic) bond motifs is 1. The maximum Gasteiger partial charge on any atom is 0.253 e. The van der Waals surface area contributed by atoms with Crippen molar-refractivity contribution in [1.29, 1.82) is 0 Å². The quantitative estimate of drug-likeness (QED) is 0.540. The maximum absolute atomic E-state index is 12.9. The number of likely N-dealkylation sites (N-methyl/N-ethyl adjacent to an activating group) is 1. The zero-order valence-electron chi connectivity index (χ0n) is 16.5. The molecule has 0 spiro atoms. The van der Waals surface area contributed by atoms with E-state index in [2.05, 4.69) is 15.3 Å². The topological polar surface area (TPSA) is 80.1 Å². The summed E-state index contributed by atoms with van der Waals surface area (Å²) in [6.45, 7) is 0.314. The summed E-state index contributed by atoms with van der Waals surface area (Å²) in [5.74, 6) is 0.293. The van der Waals surface area contributed by atoms with E-state index in [-0.39, 0.29) is 24.9 Å². The number of nitrogens with one attached hydrogen (secondary N) is 1. The molecule has 2 amide bonds. The van der Waals surface area contributed by atoms with Gasteiger partial charge in [0.2, 0.25) is 5.91 Å². The Kier molecular flexibility index (Phi) is 5.52. The highest BCUT2D eigenvalue weighted by atomic mass is 16.2. The number of benzene rings is 2. The summed E-state index contributed by atoms with van der Waals surface area (Å²) in [7, 11) is 1.75. The van der Waals surface area contributed by atoms with E-state index in [1.165, 1.54) is 6.20 Å². The molecule has 4 aromatic rings. The number of amides is 2. The molecular formula is C23H21N5O2. The average Bonchev–Trinajstić information content (AvgIpc) is 3.15. The average molecular weight is 399 g/mol. The predicted molar refractivity (Wildman–Crippen MR) is 115 cm³/mol. The molecule has 2 aromatic heterocycles. The molecule has 7 heteroatoms. The Labute approximate surface area is 174 Å². The van der Waals surface area contributed by atoms with E-state index in [1.807, 2.05) is 59.2 Å². The van der Waals surface area contributed by atoms with Gasteiger partial charge in [-0.15, -0.1) is 0 Å². The van der Waals surface area contributed by atoms with Crippen LogP contribution in [0.5, 0.6) is 0 Å². The minimum absolute atomic E-state index is 0.0795. The van der Waals surface area contributed by atoms with E-state index in [0.717, 1.165) is 16.7 Å². The fraction of sp³-hybridized carbons (Fsp3) is 0.130. The first-order valence-electron chi connectivity index (χ1n) is 9.57. The summed E-state index contributed by atoms with van der Waals surface area (Å²) < 4.78 is 1.85. The van der Waals surface area contributed by atoms with Crippen LogP contribution in [0.1, 0.15) is 16.2 Å². The fourth-order valence-electron chi connectivity index (χ4n) is 3.23. The van der Waals surface area contributed by atoms with Crippen molar-refractivity contribution in [3.8, 4) is 0 Å². The van der Waals surface area contributed by atoms with E-state index in [4.69, 9.17) is 0 Å². The second kappa shape index (κ2) is 8.57. The van der Waals surface area contributed by atoms with Gasteiger partial charge in [-0.05, 0) is 36.4 Å². The number of rotatable bonds is 6. The molecule has 0 saturated heterocycles. The van der Waals surface area contributed by atoms with Crippen LogP contribution in [0.15, 0.2) is 79.1 Å². The molecule has 0 saturated carbocycles. The summed E-state index contributed by atoms with van der Waals surface area (Å²) in [6.07, 6.45) is 3.13. The molecule has 2 heterocycles. The third-order valence-electron chi connectivity index (χ3n) is 4.88. The number of imidazole rings is 1. The van der Waals surface area contributed by atoms with Crippen LogP contribution in [0.2, 0.25) is 0 Å². The van der Waals surface area contributed by atoms with Gasteiger partial charge in [-0.25, -0.2) is 4.98 Å². The van der Waals surface area contributed by atoms with Crippen molar-refractivity contribution >= 4 is 28.5 Å². The van der Waals surface area contributed by atoms with Gasteiger partial charge in [0.05, 0.1) is 23.1 Å². The number of anilines is 1. The smallest absolute Gasteiger partial charge is 0.253 e. The lowest BCUT2D eigenvalue weighted by Gasteiger charge is -2.19. The Bertz CT molecular complexity index is 1170. The maximum atomic E-state index is 12.9.